The molecular weight excluding hydrogens is 442 g/mol. The van der Waals surface area contributed by atoms with Gasteiger partial charge >= 0.3 is 0 Å². The highest BCUT2D eigenvalue weighted by molar-refractivity contribution is 5.51. The summed E-state index contributed by atoms with van der Waals surface area (Å²) in [7, 11) is 4.18. The van der Waals surface area contributed by atoms with Crippen molar-refractivity contribution in [1.29, 1.82) is 0 Å². The Balaban J connectivity index is 1.42. The average molecular weight is 484 g/mol. The van der Waals surface area contributed by atoms with Crippen molar-refractivity contribution in [2.45, 2.75) is 45.9 Å². The predicted octanol–water partition coefficient (Wildman–Crippen LogP) is 6.77. The van der Waals surface area contributed by atoms with E-state index in [0.717, 1.165) is 31.9 Å². The van der Waals surface area contributed by atoms with Gasteiger partial charge < -0.3 is 14.5 Å². The highest BCUT2D eigenvalue weighted by Gasteiger charge is 2.25. The van der Waals surface area contributed by atoms with Gasteiger partial charge in [0.1, 0.15) is 12.4 Å². The highest BCUT2D eigenvalue weighted by atomic mass is 16.5. The molecule has 0 amide bonds. The first kappa shape index (κ1) is 25.8. The average Bonchev–Trinajstić information content (AvgIpc) is 2.89. The lowest BCUT2D eigenvalue weighted by Gasteiger charge is -2.40. The van der Waals surface area contributed by atoms with Gasteiger partial charge in [0, 0.05) is 51.1 Å². The molecule has 1 atom stereocenters. The van der Waals surface area contributed by atoms with Crippen molar-refractivity contribution < 1.29 is 4.74 Å². The minimum Gasteiger partial charge on any atom is -0.489 e. The molecular formula is C32H41N3O. The summed E-state index contributed by atoms with van der Waals surface area (Å²) >= 11 is 0. The highest BCUT2D eigenvalue weighted by Crippen LogP contribution is 2.27. The second kappa shape index (κ2) is 12.6. The zero-order chi connectivity index (χ0) is 25.3. The molecule has 0 radical (unpaired) electrons. The van der Waals surface area contributed by atoms with E-state index in [4.69, 9.17) is 4.74 Å². The van der Waals surface area contributed by atoms with Crippen LogP contribution in [0.2, 0.25) is 0 Å². The Bertz CT molecular complexity index is 1090. The molecule has 0 aromatic heterocycles. The molecule has 1 aliphatic heterocycles. The van der Waals surface area contributed by atoms with Crippen LogP contribution in [0.15, 0.2) is 90.5 Å². The lowest BCUT2D eigenvalue weighted by Crippen LogP contribution is -2.48. The minimum absolute atomic E-state index is 0.492. The summed E-state index contributed by atoms with van der Waals surface area (Å²) in [6.45, 7) is 9.14. The first-order chi connectivity index (χ1) is 17.5. The van der Waals surface area contributed by atoms with Gasteiger partial charge in [-0.25, -0.2) is 0 Å². The Kier molecular flexibility index (Phi) is 9.07. The van der Waals surface area contributed by atoms with Gasteiger partial charge in [0.05, 0.1) is 0 Å². The van der Waals surface area contributed by atoms with E-state index in [0.29, 0.717) is 12.6 Å². The topological polar surface area (TPSA) is 19.0 Å². The fourth-order valence-electron chi connectivity index (χ4n) is 4.81. The number of nitrogens with zero attached hydrogens (tertiary/aromatic N) is 3. The van der Waals surface area contributed by atoms with Crippen molar-refractivity contribution in [3.05, 3.63) is 102 Å². The van der Waals surface area contributed by atoms with Gasteiger partial charge in [0.15, 0.2) is 0 Å². The molecule has 0 aliphatic carbocycles. The van der Waals surface area contributed by atoms with E-state index in [2.05, 4.69) is 122 Å². The van der Waals surface area contributed by atoms with Gasteiger partial charge in [0.2, 0.25) is 0 Å². The molecule has 3 aromatic rings. The van der Waals surface area contributed by atoms with E-state index in [1.165, 1.54) is 40.9 Å². The number of ether oxygens (including phenoxy) is 1. The third-order valence-corrected chi connectivity index (χ3v) is 6.89. The summed E-state index contributed by atoms with van der Waals surface area (Å²) in [6.07, 6.45) is 4.79. The van der Waals surface area contributed by atoms with Crippen LogP contribution < -0.4 is 14.5 Å². The Morgan fingerprint density at radius 1 is 0.889 bits per heavy atom. The molecule has 0 N–H and O–H groups in total. The van der Waals surface area contributed by atoms with Crippen LogP contribution in [0.5, 0.6) is 5.75 Å². The molecule has 1 saturated heterocycles. The molecule has 0 saturated carbocycles. The number of anilines is 2. The number of benzene rings is 3. The summed E-state index contributed by atoms with van der Waals surface area (Å²) in [6, 6.07) is 28.5. The van der Waals surface area contributed by atoms with Crippen molar-refractivity contribution >= 4 is 11.4 Å². The Hall–Kier alpha value is -3.24. The number of hydrogen-bond donors (Lipinski definition) is 0. The fourth-order valence-corrected chi connectivity index (χ4v) is 4.81. The summed E-state index contributed by atoms with van der Waals surface area (Å²) in [5.74, 6) is 0.913. The summed E-state index contributed by atoms with van der Waals surface area (Å²) < 4.78 is 6.04. The van der Waals surface area contributed by atoms with Crippen LogP contribution >= 0.6 is 0 Å². The van der Waals surface area contributed by atoms with E-state index in [9.17, 15) is 0 Å². The van der Waals surface area contributed by atoms with Crippen molar-refractivity contribution in [1.82, 2.24) is 4.90 Å². The molecule has 190 valence electrons. The van der Waals surface area contributed by atoms with Gasteiger partial charge in [-0.3, -0.25) is 4.90 Å². The summed E-state index contributed by atoms with van der Waals surface area (Å²) in [4.78, 5) is 7.35. The lowest BCUT2D eigenvalue weighted by atomic mass is 10.0. The first-order valence-electron chi connectivity index (χ1n) is 13.1. The van der Waals surface area contributed by atoms with Crippen LogP contribution in [0.4, 0.5) is 11.4 Å². The number of hydrogen-bond acceptors (Lipinski definition) is 4. The Labute approximate surface area is 217 Å². The van der Waals surface area contributed by atoms with Crippen LogP contribution in [0, 0.1) is 0 Å². The van der Waals surface area contributed by atoms with E-state index in [-0.39, 0.29) is 0 Å². The summed E-state index contributed by atoms with van der Waals surface area (Å²) in [5.41, 5.74) is 6.44. The molecule has 1 aliphatic rings. The minimum atomic E-state index is 0.492. The molecule has 1 heterocycles. The molecule has 4 rings (SSSR count). The summed E-state index contributed by atoms with van der Waals surface area (Å²) in [5, 5.41) is 0. The van der Waals surface area contributed by atoms with Crippen molar-refractivity contribution in [2.24, 2.45) is 0 Å². The van der Waals surface area contributed by atoms with Gasteiger partial charge in [-0.05, 0) is 80.8 Å². The van der Waals surface area contributed by atoms with Crippen molar-refractivity contribution in [3.63, 3.8) is 0 Å². The third-order valence-electron chi connectivity index (χ3n) is 6.89. The largest absolute Gasteiger partial charge is 0.489 e. The van der Waals surface area contributed by atoms with Gasteiger partial charge in [0.25, 0.3) is 0 Å². The van der Waals surface area contributed by atoms with Crippen LogP contribution in [-0.2, 0) is 13.2 Å². The molecule has 3 aromatic carbocycles. The van der Waals surface area contributed by atoms with Crippen molar-refractivity contribution in [3.8, 4) is 5.75 Å². The second-order valence-corrected chi connectivity index (χ2v) is 10.3. The zero-order valence-electron chi connectivity index (χ0n) is 22.4. The van der Waals surface area contributed by atoms with E-state index >= 15 is 0 Å². The molecule has 1 fully saturated rings. The van der Waals surface area contributed by atoms with Crippen LogP contribution in [-0.4, -0.2) is 44.7 Å². The van der Waals surface area contributed by atoms with Gasteiger partial charge in [-0.1, -0.05) is 54.1 Å². The van der Waals surface area contributed by atoms with Crippen molar-refractivity contribution in [2.75, 3.05) is 43.5 Å². The molecule has 0 spiro atoms. The predicted molar refractivity (Wildman–Crippen MR) is 153 cm³/mol. The molecule has 1 unspecified atom stereocenters. The number of rotatable bonds is 10. The van der Waals surface area contributed by atoms with E-state index < -0.39 is 0 Å². The quantitative estimate of drug-likeness (QED) is 0.296. The first-order valence-corrected chi connectivity index (χ1v) is 13.1. The van der Waals surface area contributed by atoms with Crippen LogP contribution in [0.1, 0.15) is 37.8 Å². The second-order valence-electron chi connectivity index (χ2n) is 10.3. The number of allylic oxidation sites excluding steroid dienone is 1. The Morgan fingerprint density at radius 2 is 1.58 bits per heavy atom. The monoisotopic (exact) mass is 483 g/mol. The Morgan fingerprint density at radius 3 is 2.25 bits per heavy atom. The van der Waals surface area contributed by atoms with Gasteiger partial charge in [-0.2, -0.15) is 0 Å². The smallest absolute Gasteiger partial charge is 0.119 e. The fraction of sp³-hybridized carbons (Fsp3) is 0.375. The maximum absolute atomic E-state index is 6.04. The maximum atomic E-state index is 6.04. The number of piperidine rings is 1. The standard InChI is InChI=1S/C32H41N3O/c1-26(2)20-22-35(30-16-18-32(19-17-30)36-25-28-9-6-5-7-10-28)31-11-8-21-34(24-31)23-27-12-14-29(15-13-27)33(3)4/h5-7,9-10,12-20,31H,8,11,21-25H2,1-4H3. The third kappa shape index (κ3) is 7.38. The van der Waals surface area contributed by atoms with E-state index in [1.807, 2.05) is 6.07 Å². The zero-order valence-corrected chi connectivity index (χ0v) is 22.4. The lowest BCUT2D eigenvalue weighted by molar-refractivity contribution is 0.197. The SMILES string of the molecule is CC(C)=CCN(c1ccc(OCc2ccccc2)cc1)C1CCCN(Cc2ccc(N(C)C)cc2)C1. The van der Waals surface area contributed by atoms with Gasteiger partial charge in [-0.15, -0.1) is 0 Å². The molecule has 4 heteroatoms. The molecule has 4 nitrogen and oxygen atoms in total. The van der Waals surface area contributed by atoms with E-state index in [1.54, 1.807) is 0 Å². The van der Waals surface area contributed by atoms with Crippen LogP contribution in [0.3, 0.4) is 0 Å². The maximum Gasteiger partial charge on any atom is 0.119 e. The number of likely N-dealkylation sites (tertiary alicyclic amines) is 1. The molecule has 0 bridgehead atoms. The molecule has 36 heavy (non-hydrogen) atoms. The van der Waals surface area contributed by atoms with Crippen LogP contribution in [0.25, 0.3) is 0 Å². The normalized spacial score (nSPS) is 15.8.